The van der Waals surface area contributed by atoms with Crippen LogP contribution in [0.1, 0.15) is 24.8 Å². The van der Waals surface area contributed by atoms with Gasteiger partial charge in [-0.15, -0.1) is 0 Å². The Balaban J connectivity index is 1.67. The van der Waals surface area contributed by atoms with Crippen molar-refractivity contribution in [3.63, 3.8) is 0 Å². The van der Waals surface area contributed by atoms with E-state index in [4.69, 9.17) is 0 Å². The highest BCUT2D eigenvalue weighted by molar-refractivity contribution is 5.73. The van der Waals surface area contributed by atoms with E-state index in [2.05, 4.69) is 29.6 Å². The van der Waals surface area contributed by atoms with Crippen LogP contribution in [-0.2, 0) is 6.42 Å². The molecule has 1 atom stereocenters. The highest BCUT2D eigenvalue weighted by Crippen LogP contribution is 2.16. The van der Waals surface area contributed by atoms with E-state index >= 15 is 0 Å². The number of likely N-dealkylation sites (N-methyl/N-ethyl adjacent to an activating group) is 1. The van der Waals surface area contributed by atoms with E-state index in [1.807, 2.05) is 25.2 Å². The molecule has 0 radical (unpaired) electrons. The molecule has 0 fully saturated rings. The Morgan fingerprint density at radius 1 is 1.30 bits per heavy atom. The molecule has 1 aromatic rings. The van der Waals surface area contributed by atoms with Crippen LogP contribution >= 0.6 is 0 Å². The van der Waals surface area contributed by atoms with Crippen LogP contribution in [0.15, 0.2) is 42.5 Å². The Morgan fingerprint density at radius 3 is 2.80 bits per heavy atom. The van der Waals surface area contributed by atoms with Gasteiger partial charge in [0.15, 0.2) is 0 Å². The van der Waals surface area contributed by atoms with Crippen LogP contribution in [0.3, 0.4) is 0 Å². The predicted octanol–water partition coefficient (Wildman–Crippen LogP) is 3.23. The largest absolute Gasteiger partial charge is 0.338 e. The Bertz CT molecular complexity index is 442. The summed E-state index contributed by atoms with van der Waals surface area (Å²) in [4.78, 5) is 13.8. The summed E-state index contributed by atoms with van der Waals surface area (Å²) in [5, 5.41) is 3.04. The lowest BCUT2D eigenvalue weighted by atomic mass is 9.94. The summed E-state index contributed by atoms with van der Waals surface area (Å²) in [7, 11) is 1.86. The molecule has 20 heavy (non-hydrogen) atoms. The van der Waals surface area contributed by atoms with Crippen LogP contribution in [-0.4, -0.2) is 31.1 Å². The van der Waals surface area contributed by atoms with Gasteiger partial charge in [0, 0.05) is 20.1 Å². The monoisotopic (exact) mass is 272 g/mol. The molecule has 1 unspecified atom stereocenters. The molecule has 2 amide bonds. The minimum absolute atomic E-state index is 0.0375. The lowest BCUT2D eigenvalue weighted by Crippen LogP contribution is -2.40. The van der Waals surface area contributed by atoms with Crippen LogP contribution in [0.25, 0.3) is 0 Å². The summed E-state index contributed by atoms with van der Waals surface area (Å²) in [5.41, 5.74) is 1.27. The first-order valence-corrected chi connectivity index (χ1v) is 7.43. The second-order valence-electron chi connectivity index (χ2n) is 5.49. The molecule has 1 aromatic carbocycles. The lowest BCUT2D eigenvalue weighted by molar-refractivity contribution is 0.207. The minimum atomic E-state index is 0.0375. The number of urea groups is 1. The molecule has 108 valence electrons. The van der Waals surface area contributed by atoms with Crippen molar-refractivity contribution in [2.75, 3.05) is 20.1 Å². The van der Waals surface area contributed by atoms with Crippen LogP contribution in [0.2, 0.25) is 0 Å². The highest BCUT2D eigenvalue weighted by Gasteiger charge is 2.13. The second kappa shape index (κ2) is 7.73. The SMILES string of the molecule is CN(CCc1ccccc1)C(=O)NCC1CC=CCC1. The first-order valence-electron chi connectivity index (χ1n) is 7.43. The number of rotatable bonds is 5. The molecule has 3 heteroatoms. The Morgan fingerprint density at radius 2 is 2.10 bits per heavy atom. The molecule has 0 bridgehead atoms. The van der Waals surface area contributed by atoms with Gasteiger partial charge in [-0.05, 0) is 37.2 Å². The van der Waals surface area contributed by atoms with Gasteiger partial charge in [0.2, 0.25) is 0 Å². The van der Waals surface area contributed by atoms with Gasteiger partial charge >= 0.3 is 6.03 Å². The molecule has 0 saturated carbocycles. The number of carbonyl (C=O) groups is 1. The van der Waals surface area contributed by atoms with Gasteiger partial charge in [0.1, 0.15) is 0 Å². The zero-order valence-corrected chi connectivity index (χ0v) is 12.2. The maximum Gasteiger partial charge on any atom is 0.317 e. The standard InChI is InChI=1S/C17H24N2O/c1-19(13-12-15-8-4-2-5-9-15)17(20)18-14-16-10-6-3-7-11-16/h2-6,8-9,16H,7,10-14H2,1H3,(H,18,20). The summed E-state index contributed by atoms with van der Waals surface area (Å²) in [6.07, 6.45) is 8.77. The number of hydrogen-bond donors (Lipinski definition) is 1. The topological polar surface area (TPSA) is 32.3 Å². The van der Waals surface area contributed by atoms with Gasteiger partial charge < -0.3 is 10.2 Å². The van der Waals surface area contributed by atoms with Crippen molar-refractivity contribution in [2.24, 2.45) is 5.92 Å². The molecule has 1 N–H and O–H groups in total. The molecular weight excluding hydrogens is 248 g/mol. The van der Waals surface area contributed by atoms with Gasteiger partial charge in [-0.3, -0.25) is 0 Å². The van der Waals surface area contributed by atoms with Gasteiger partial charge in [-0.25, -0.2) is 4.79 Å². The van der Waals surface area contributed by atoms with E-state index in [-0.39, 0.29) is 6.03 Å². The quantitative estimate of drug-likeness (QED) is 0.820. The Hall–Kier alpha value is -1.77. The number of carbonyl (C=O) groups excluding carboxylic acids is 1. The normalized spacial score (nSPS) is 17.8. The van der Waals surface area contributed by atoms with Crippen molar-refractivity contribution in [3.05, 3.63) is 48.0 Å². The van der Waals surface area contributed by atoms with Crippen LogP contribution in [0.4, 0.5) is 4.79 Å². The third-order valence-corrected chi connectivity index (χ3v) is 3.85. The molecule has 0 spiro atoms. The second-order valence-corrected chi connectivity index (χ2v) is 5.49. The zero-order valence-electron chi connectivity index (χ0n) is 12.2. The molecule has 0 saturated heterocycles. The first-order chi connectivity index (χ1) is 9.75. The number of nitrogens with one attached hydrogen (secondary N) is 1. The van der Waals surface area contributed by atoms with Crippen molar-refractivity contribution < 1.29 is 4.79 Å². The maximum atomic E-state index is 12.0. The molecule has 2 rings (SSSR count). The molecule has 1 aliphatic rings. The molecule has 0 aromatic heterocycles. The van der Waals surface area contributed by atoms with E-state index < -0.39 is 0 Å². The lowest BCUT2D eigenvalue weighted by Gasteiger charge is -2.22. The number of allylic oxidation sites excluding steroid dienone is 2. The molecular formula is C17H24N2O. The van der Waals surface area contributed by atoms with Crippen molar-refractivity contribution in [2.45, 2.75) is 25.7 Å². The van der Waals surface area contributed by atoms with Crippen molar-refractivity contribution >= 4 is 6.03 Å². The molecule has 0 heterocycles. The van der Waals surface area contributed by atoms with E-state index in [0.717, 1.165) is 32.4 Å². The van der Waals surface area contributed by atoms with Gasteiger partial charge in [-0.2, -0.15) is 0 Å². The molecule has 0 aliphatic heterocycles. The summed E-state index contributed by atoms with van der Waals surface area (Å²) in [6, 6.07) is 10.3. The fourth-order valence-corrected chi connectivity index (χ4v) is 2.45. The average Bonchev–Trinajstić information content (AvgIpc) is 2.52. The zero-order chi connectivity index (χ0) is 14.2. The molecule has 1 aliphatic carbocycles. The highest BCUT2D eigenvalue weighted by atomic mass is 16.2. The van der Waals surface area contributed by atoms with E-state index in [9.17, 15) is 4.79 Å². The maximum absolute atomic E-state index is 12.0. The minimum Gasteiger partial charge on any atom is -0.338 e. The van der Waals surface area contributed by atoms with Crippen molar-refractivity contribution in [3.8, 4) is 0 Å². The first kappa shape index (κ1) is 14.6. The van der Waals surface area contributed by atoms with Crippen LogP contribution < -0.4 is 5.32 Å². The fourth-order valence-electron chi connectivity index (χ4n) is 2.45. The van der Waals surface area contributed by atoms with Crippen molar-refractivity contribution in [1.82, 2.24) is 10.2 Å². The summed E-state index contributed by atoms with van der Waals surface area (Å²) < 4.78 is 0. The van der Waals surface area contributed by atoms with E-state index in [0.29, 0.717) is 5.92 Å². The van der Waals surface area contributed by atoms with Gasteiger partial charge in [0.25, 0.3) is 0 Å². The smallest absolute Gasteiger partial charge is 0.317 e. The predicted molar refractivity (Wildman–Crippen MR) is 82.7 cm³/mol. The van der Waals surface area contributed by atoms with E-state index in [1.165, 1.54) is 12.0 Å². The Kier molecular flexibility index (Phi) is 5.66. The number of benzene rings is 1. The summed E-state index contributed by atoms with van der Waals surface area (Å²) in [5.74, 6) is 0.603. The van der Waals surface area contributed by atoms with Gasteiger partial charge in [0.05, 0.1) is 0 Å². The van der Waals surface area contributed by atoms with Gasteiger partial charge in [-0.1, -0.05) is 42.5 Å². The number of nitrogens with zero attached hydrogens (tertiary/aromatic N) is 1. The third kappa shape index (κ3) is 4.72. The summed E-state index contributed by atoms with van der Waals surface area (Å²) >= 11 is 0. The summed E-state index contributed by atoms with van der Waals surface area (Å²) in [6.45, 7) is 1.54. The Labute approximate surface area is 121 Å². The third-order valence-electron chi connectivity index (χ3n) is 3.85. The molecule has 3 nitrogen and oxygen atoms in total. The van der Waals surface area contributed by atoms with Crippen LogP contribution in [0.5, 0.6) is 0 Å². The average molecular weight is 272 g/mol. The van der Waals surface area contributed by atoms with Crippen LogP contribution in [0, 0.1) is 5.92 Å². The number of hydrogen-bond acceptors (Lipinski definition) is 1. The number of amides is 2. The fraction of sp³-hybridized carbons (Fsp3) is 0.471. The van der Waals surface area contributed by atoms with Crippen molar-refractivity contribution in [1.29, 1.82) is 0 Å². The van der Waals surface area contributed by atoms with E-state index in [1.54, 1.807) is 4.90 Å².